The first kappa shape index (κ1) is 19.9. The van der Waals surface area contributed by atoms with Crippen LogP contribution in [0.5, 0.6) is 0 Å². The summed E-state index contributed by atoms with van der Waals surface area (Å²) in [6.45, 7) is 7.65. The van der Waals surface area contributed by atoms with Crippen molar-refractivity contribution in [2.45, 2.75) is 90.4 Å². The first-order valence-corrected chi connectivity index (χ1v) is 9.27. The second-order valence-electron chi connectivity index (χ2n) is 7.21. The van der Waals surface area contributed by atoms with Gasteiger partial charge >= 0.3 is 0 Å². The van der Waals surface area contributed by atoms with Crippen LogP contribution in [0.25, 0.3) is 0 Å². The minimum absolute atomic E-state index is 0.456. The summed E-state index contributed by atoms with van der Waals surface area (Å²) >= 11 is 0. The Morgan fingerprint density at radius 1 is 1.09 bits per heavy atom. The fourth-order valence-corrected chi connectivity index (χ4v) is 3.42. The molecule has 1 aliphatic rings. The number of ether oxygens (including phenoxy) is 3. The first-order valence-electron chi connectivity index (χ1n) is 9.27. The topological polar surface area (TPSA) is 31.0 Å². The van der Waals surface area contributed by atoms with Gasteiger partial charge in [0.15, 0.2) is 5.79 Å². The lowest BCUT2D eigenvalue weighted by atomic mass is 9.83. The molecule has 3 atom stereocenters. The van der Waals surface area contributed by atoms with E-state index < -0.39 is 5.79 Å². The summed E-state index contributed by atoms with van der Waals surface area (Å²) in [7, 11) is 3.54. The molecule has 0 bridgehead atoms. The molecule has 3 nitrogen and oxygen atoms in total. The maximum Gasteiger partial charge on any atom is 0.167 e. The standard InChI is InChI=1S/C19H38O3/c1-6-7-8-9-10-11-12-17(19(3,20-4)21-5)13-16(2)14-18-15-22-18/h16-18H,6-15H2,1-5H3. The molecule has 0 saturated carbocycles. The Kier molecular flexibility index (Phi) is 9.62. The maximum atomic E-state index is 5.71. The van der Waals surface area contributed by atoms with Crippen molar-refractivity contribution in [1.29, 1.82) is 0 Å². The Morgan fingerprint density at radius 3 is 2.23 bits per heavy atom. The molecular weight excluding hydrogens is 276 g/mol. The predicted molar refractivity (Wildman–Crippen MR) is 92.0 cm³/mol. The Hall–Kier alpha value is -0.120. The average Bonchev–Trinajstić information content (AvgIpc) is 3.32. The van der Waals surface area contributed by atoms with Gasteiger partial charge in [0, 0.05) is 20.1 Å². The van der Waals surface area contributed by atoms with Gasteiger partial charge in [-0.05, 0) is 32.1 Å². The zero-order chi connectivity index (χ0) is 16.4. The monoisotopic (exact) mass is 314 g/mol. The maximum absolute atomic E-state index is 5.71. The largest absolute Gasteiger partial charge is 0.373 e. The lowest BCUT2D eigenvalue weighted by Crippen LogP contribution is -2.39. The number of methoxy groups -OCH3 is 2. The summed E-state index contributed by atoms with van der Waals surface area (Å²) in [6, 6.07) is 0. The Labute approximate surface area is 138 Å². The Morgan fingerprint density at radius 2 is 1.68 bits per heavy atom. The minimum Gasteiger partial charge on any atom is -0.373 e. The van der Waals surface area contributed by atoms with Crippen molar-refractivity contribution in [1.82, 2.24) is 0 Å². The molecule has 3 unspecified atom stereocenters. The normalized spacial score (nSPS) is 20.9. The van der Waals surface area contributed by atoms with Gasteiger partial charge in [0.1, 0.15) is 0 Å². The highest BCUT2D eigenvalue weighted by molar-refractivity contribution is 4.80. The zero-order valence-electron chi connectivity index (χ0n) is 15.5. The lowest BCUT2D eigenvalue weighted by molar-refractivity contribution is -0.231. The summed E-state index contributed by atoms with van der Waals surface area (Å²) < 4.78 is 16.8. The fraction of sp³-hybridized carbons (Fsp3) is 1.00. The average molecular weight is 315 g/mol. The van der Waals surface area contributed by atoms with E-state index in [9.17, 15) is 0 Å². The number of unbranched alkanes of at least 4 members (excludes halogenated alkanes) is 5. The molecule has 1 saturated heterocycles. The number of rotatable bonds is 14. The fourth-order valence-electron chi connectivity index (χ4n) is 3.42. The van der Waals surface area contributed by atoms with Crippen molar-refractivity contribution >= 4 is 0 Å². The summed E-state index contributed by atoms with van der Waals surface area (Å²) in [6.07, 6.45) is 12.1. The van der Waals surface area contributed by atoms with Gasteiger partial charge in [-0.2, -0.15) is 0 Å². The molecule has 0 N–H and O–H groups in total. The third-order valence-corrected chi connectivity index (χ3v) is 5.21. The van der Waals surface area contributed by atoms with Crippen LogP contribution in [0.2, 0.25) is 0 Å². The van der Waals surface area contributed by atoms with Gasteiger partial charge in [0.2, 0.25) is 0 Å². The van der Waals surface area contributed by atoms with Crippen molar-refractivity contribution in [2.24, 2.45) is 11.8 Å². The van der Waals surface area contributed by atoms with Gasteiger partial charge in [-0.3, -0.25) is 0 Å². The van der Waals surface area contributed by atoms with Gasteiger partial charge in [-0.25, -0.2) is 0 Å². The molecule has 1 heterocycles. The molecule has 0 aromatic heterocycles. The van der Waals surface area contributed by atoms with Crippen molar-refractivity contribution < 1.29 is 14.2 Å². The molecule has 22 heavy (non-hydrogen) atoms. The van der Waals surface area contributed by atoms with E-state index >= 15 is 0 Å². The summed E-state index contributed by atoms with van der Waals surface area (Å²) in [5.41, 5.74) is 0. The van der Waals surface area contributed by atoms with Crippen molar-refractivity contribution in [3.63, 3.8) is 0 Å². The molecule has 0 amide bonds. The molecule has 1 fully saturated rings. The molecule has 1 aliphatic heterocycles. The quantitative estimate of drug-likeness (QED) is 0.251. The summed E-state index contributed by atoms with van der Waals surface area (Å²) in [5.74, 6) is 0.673. The van der Waals surface area contributed by atoms with Gasteiger partial charge in [-0.1, -0.05) is 52.4 Å². The van der Waals surface area contributed by atoms with Gasteiger partial charge in [0.05, 0.1) is 12.7 Å². The number of hydrogen-bond donors (Lipinski definition) is 0. The highest BCUT2D eigenvalue weighted by atomic mass is 16.7. The van der Waals surface area contributed by atoms with E-state index in [4.69, 9.17) is 14.2 Å². The van der Waals surface area contributed by atoms with E-state index in [0.717, 1.165) is 13.0 Å². The SMILES string of the molecule is CCCCCCCCC(CC(C)CC1CO1)C(C)(OC)OC. The van der Waals surface area contributed by atoms with Gasteiger partial charge in [-0.15, -0.1) is 0 Å². The van der Waals surface area contributed by atoms with Gasteiger partial charge < -0.3 is 14.2 Å². The van der Waals surface area contributed by atoms with Crippen LogP contribution in [-0.4, -0.2) is 32.7 Å². The Bertz CT molecular complexity index is 272. The third kappa shape index (κ3) is 7.43. The lowest BCUT2D eigenvalue weighted by Gasteiger charge is -2.36. The summed E-state index contributed by atoms with van der Waals surface area (Å²) in [5, 5.41) is 0. The first-order chi connectivity index (χ1) is 10.6. The second-order valence-corrected chi connectivity index (χ2v) is 7.21. The van der Waals surface area contributed by atoms with Crippen LogP contribution in [0.15, 0.2) is 0 Å². The number of epoxide rings is 1. The van der Waals surface area contributed by atoms with Crippen molar-refractivity contribution in [3.05, 3.63) is 0 Å². The van der Waals surface area contributed by atoms with Crippen LogP contribution in [0.3, 0.4) is 0 Å². The predicted octanol–water partition coefficient (Wildman–Crippen LogP) is 5.18. The molecule has 0 aromatic rings. The molecule has 0 aliphatic carbocycles. The van der Waals surface area contributed by atoms with Crippen LogP contribution in [0.1, 0.15) is 78.6 Å². The van der Waals surface area contributed by atoms with Crippen molar-refractivity contribution in [3.8, 4) is 0 Å². The smallest absolute Gasteiger partial charge is 0.167 e. The van der Waals surface area contributed by atoms with E-state index in [2.05, 4.69) is 20.8 Å². The number of hydrogen-bond acceptors (Lipinski definition) is 3. The third-order valence-electron chi connectivity index (χ3n) is 5.21. The van der Waals surface area contributed by atoms with E-state index in [0.29, 0.717) is 17.9 Å². The molecule has 1 rings (SSSR count). The van der Waals surface area contributed by atoms with Crippen LogP contribution < -0.4 is 0 Å². The van der Waals surface area contributed by atoms with E-state index in [1.54, 1.807) is 14.2 Å². The van der Waals surface area contributed by atoms with Crippen LogP contribution in [0, 0.1) is 11.8 Å². The van der Waals surface area contributed by atoms with Crippen LogP contribution in [-0.2, 0) is 14.2 Å². The molecular formula is C19H38O3. The van der Waals surface area contributed by atoms with Gasteiger partial charge in [0.25, 0.3) is 0 Å². The molecule has 0 spiro atoms. The highest BCUT2D eigenvalue weighted by Gasteiger charge is 2.36. The zero-order valence-corrected chi connectivity index (χ0v) is 15.5. The van der Waals surface area contributed by atoms with Crippen molar-refractivity contribution in [2.75, 3.05) is 20.8 Å². The van der Waals surface area contributed by atoms with E-state index in [1.807, 2.05) is 0 Å². The molecule has 3 heteroatoms. The van der Waals surface area contributed by atoms with Crippen LogP contribution >= 0.6 is 0 Å². The minimum atomic E-state index is -0.456. The second kappa shape index (κ2) is 10.6. The molecule has 0 aromatic carbocycles. The van der Waals surface area contributed by atoms with E-state index in [1.165, 1.54) is 51.4 Å². The highest BCUT2D eigenvalue weighted by Crippen LogP contribution is 2.35. The molecule has 0 radical (unpaired) electrons. The summed E-state index contributed by atoms with van der Waals surface area (Å²) in [4.78, 5) is 0. The van der Waals surface area contributed by atoms with E-state index in [-0.39, 0.29) is 0 Å². The Balaban J connectivity index is 2.39. The molecule has 132 valence electrons. The van der Waals surface area contributed by atoms with Crippen LogP contribution in [0.4, 0.5) is 0 Å².